The van der Waals surface area contributed by atoms with Gasteiger partial charge in [0.25, 0.3) is 0 Å². The van der Waals surface area contributed by atoms with Gasteiger partial charge in [0.05, 0.1) is 6.10 Å². The van der Waals surface area contributed by atoms with Crippen molar-refractivity contribution in [2.24, 2.45) is 34.0 Å². The number of phenolic OH excluding ortho intramolecular Hbond substituents is 1. The molecule has 0 amide bonds. The molecule has 1 aromatic carbocycles. The van der Waals surface area contributed by atoms with Gasteiger partial charge in [-0.05, 0) is 55.1 Å². The molecule has 8 atom stereocenters. The second kappa shape index (κ2) is 8.71. The van der Waals surface area contributed by atoms with Gasteiger partial charge in [0, 0.05) is 29.2 Å². The highest BCUT2D eigenvalue weighted by atomic mass is 16.6. The lowest BCUT2D eigenvalue weighted by atomic mass is 9.44. The SMILES string of the molecule is C=C[C@]1(C)C[C@H](OC(=O)COc2cccc(O)c2)[C@]2(C)C(C)CCC3(CCC(=O)C32)[C@@H](C)[C@@H]1O. The van der Waals surface area contributed by atoms with Crippen LogP contribution in [-0.4, -0.2) is 40.8 Å². The van der Waals surface area contributed by atoms with Gasteiger partial charge in [-0.2, -0.15) is 0 Å². The van der Waals surface area contributed by atoms with Gasteiger partial charge in [-0.3, -0.25) is 4.79 Å². The van der Waals surface area contributed by atoms with Crippen molar-refractivity contribution in [3.05, 3.63) is 36.9 Å². The fourth-order valence-corrected chi connectivity index (χ4v) is 7.41. The Morgan fingerprint density at radius 2 is 2.00 bits per heavy atom. The molecule has 6 nitrogen and oxygen atoms in total. The van der Waals surface area contributed by atoms with Gasteiger partial charge >= 0.3 is 5.97 Å². The molecule has 0 heterocycles. The van der Waals surface area contributed by atoms with Crippen molar-refractivity contribution in [1.29, 1.82) is 0 Å². The quantitative estimate of drug-likeness (QED) is 0.480. The molecule has 6 heteroatoms. The highest BCUT2D eigenvalue weighted by Crippen LogP contribution is 2.67. The van der Waals surface area contributed by atoms with E-state index < -0.39 is 29.0 Å². The first kappa shape index (κ1) is 24.8. The fourth-order valence-electron chi connectivity index (χ4n) is 7.41. The van der Waals surface area contributed by atoms with Gasteiger partial charge in [-0.25, -0.2) is 4.79 Å². The van der Waals surface area contributed by atoms with E-state index in [1.54, 1.807) is 18.2 Å². The van der Waals surface area contributed by atoms with Crippen molar-refractivity contribution < 1.29 is 29.3 Å². The zero-order chi connectivity index (χ0) is 24.9. The number of hydrogen-bond acceptors (Lipinski definition) is 6. The van der Waals surface area contributed by atoms with Gasteiger partial charge in [-0.1, -0.05) is 39.8 Å². The minimum Gasteiger partial charge on any atom is -0.508 e. The highest BCUT2D eigenvalue weighted by molar-refractivity contribution is 5.85. The second-order valence-corrected chi connectivity index (χ2v) is 11.4. The van der Waals surface area contributed by atoms with E-state index in [1.807, 2.05) is 6.92 Å². The number of rotatable bonds is 5. The summed E-state index contributed by atoms with van der Waals surface area (Å²) in [5, 5.41) is 21.2. The molecule has 2 bridgehead atoms. The van der Waals surface area contributed by atoms with Crippen LogP contribution in [0.2, 0.25) is 0 Å². The Morgan fingerprint density at radius 1 is 1.26 bits per heavy atom. The molecule has 3 unspecified atom stereocenters. The lowest BCUT2D eigenvalue weighted by Crippen LogP contribution is -2.63. The Bertz CT molecular complexity index is 973. The van der Waals surface area contributed by atoms with E-state index in [4.69, 9.17) is 9.47 Å². The Morgan fingerprint density at radius 3 is 2.68 bits per heavy atom. The smallest absolute Gasteiger partial charge is 0.344 e. The zero-order valence-electron chi connectivity index (χ0n) is 20.8. The number of ketones is 1. The summed E-state index contributed by atoms with van der Waals surface area (Å²) in [4.78, 5) is 26.4. The predicted molar refractivity (Wildman–Crippen MR) is 128 cm³/mol. The van der Waals surface area contributed by atoms with Crippen molar-refractivity contribution in [1.82, 2.24) is 0 Å². The molecule has 3 saturated carbocycles. The molecule has 3 aliphatic carbocycles. The average molecular weight is 471 g/mol. The summed E-state index contributed by atoms with van der Waals surface area (Å²) >= 11 is 0. The van der Waals surface area contributed by atoms with Gasteiger partial charge < -0.3 is 19.7 Å². The number of Topliss-reactive ketones (excluding diaryl/α,β-unsaturated/α-hetero) is 1. The van der Waals surface area contributed by atoms with Crippen LogP contribution in [0.5, 0.6) is 11.5 Å². The maximum Gasteiger partial charge on any atom is 0.344 e. The van der Waals surface area contributed by atoms with Crippen LogP contribution >= 0.6 is 0 Å². The number of aromatic hydroxyl groups is 1. The predicted octanol–water partition coefficient (Wildman–Crippen LogP) is 4.68. The molecule has 2 N–H and O–H groups in total. The Kier molecular flexibility index (Phi) is 6.34. The number of esters is 1. The number of carbonyl (C=O) groups excluding carboxylic acids is 2. The van der Waals surface area contributed by atoms with Crippen LogP contribution in [0.3, 0.4) is 0 Å². The van der Waals surface area contributed by atoms with Crippen molar-refractivity contribution in [2.75, 3.05) is 6.61 Å². The minimum absolute atomic E-state index is 0.0513. The number of aliphatic hydroxyl groups excluding tert-OH is 1. The van der Waals surface area contributed by atoms with E-state index in [0.717, 1.165) is 19.3 Å². The first-order valence-electron chi connectivity index (χ1n) is 12.4. The number of carbonyl (C=O) groups is 2. The summed E-state index contributed by atoms with van der Waals surface area (Å²) in [5.74, 6) is -0.0243. The molecule has 0 saturated heterocycles. The summed E-state index contributed by atoms with van der Waals surface area (Å²) in [7, 11) is 0. The molecule has 0 radical (unpaired) electrons. The van der Waals surface area contributed by atoms with Gasteiger partial charge in [0.2, 0.25) is 0 Å². The molecule has 3 aliphatic rings. The van der Waals surface area contributed by atoms with Crippen LogP contribution in [-0.2, 0) is 14.3 Å². The van der Waals surface area contributed by atoms with Crippen molar-refractivity contribution in [3.8, 4) is 11.5 Å². The molecule has 0 aromatic heterocycles. The molecule has 34 heavy (non-hydrogen) atoms. The molecule has 3 fully saturated rings. The van der Waals surface area contributed by atoms with Gasteiger partial charge in [-0.15, -0.1) is 6.58 Å². The maximum atomic E-state index is 13.4. The largest absolute Gasteiger partial charge is 0.508 e. The Balaban J connectivity index is 1.68. The average Bonchev–Trinajstić information content (AvgIpc) is 3.16. The number of hydrogen-bond donors (Lipinski definition) is 2. The van der Waals surface area contributed by atoms with Crippen LogP contribution in [0.4, 0.5) is 0 Å². The van der Waals surface area contributed by atoms with Crippen LogP contribution in [0.1, 0.15) is 59.8 Å². The van der Waals surface area contributed by atoms with Crippen LogP contribution in [0.15, 0.2) is 36.9 Å². The topological polar surface area (TPSA) is 93.1 Å². The summed E-state index contributed by atoms with van der Waals surface area (Å²) in [6, 6.07) is 6.26. The van der Waals surface area contributed by atoms with Gasteiger partial charge in [0.1, 0.15) is 23.4 Å². The summed E-state index contributed by atoms with van der Waals surface area (Å²) in [6.45, 7) is 12.1. The lowest BCUT2D eigenvalue weighted by molar-refractivity contribution is -0.207. The van der Waals surface area contributed by atoms with E-state index in [-0.39, 0.29) is 41.3 Å². The normalized spacial score (nSPS) is 41.7. The molecule has 0 aliphatic heterocycles. The molecular formula is C28H38O6. The third kappa shape index (κ3) is 3.74. The second-order valence-electron chi connectivity index (χ2n) is 11.4. The highest BCUT2D eigenvalue weighted by Gasteiger charge is 2.68. The fraction of sp³-hybridized carbons (Fsp3) is 0.643. The molecule has 0 spiro atoms. The third-order valence-corrected chi connectivity index (χ3v) is 9.75. The van der Waals surface area contributed by atoms with Crippen LogP contribution in [0.25, 0.3) is 0 Å². The first-order valence-corrected chi connectivity index (χ1v) is 12.4. The van der Waals surface area contributed by atoms with E-state index in [0.29, 0.717) is 18.6 Å². The summed E-state index contributed by atoms with van der Waals surface area (Å²) < 4.78 is 11.7. The number of ether oxygens (including phenoxy) is 2. The minimum atomic E-state index is -0.693. The number of aliphatic hydroxyl groups is 1. The molecule has 1 aromatic rings. The number of benzene rings is 1. The standard InChI is InChI=1S/C28H38O6/c1-6-26(4)15-22(34-23(31)16-33-20-9-7-8-19(29)14-20)27(5)17(2)10-12-28(18(3)25(26)32)13-11-21(30)24(27)28/h6-9,14,17-18,22,24-25,29,32H,1,10-13,15-16H2,2-5H3/t17?,18-,22-,24?,25-,26+,27-,28?/m0/s1. The molecule has 186 valence electrons. The first-order chi connectivity index (χ1) is 16.0. The monoisotopic (exact) mass is 470 g/mol. The zero-order valence-corrected chi connectivity index (χ0v) is 20.8. The van der Waals surface area contributed by atoms with Crippen molar-refractivity contribution in [2.45, 2.75) is 72.0 Å². The Hall–Kier alpha value is -2.34. The summed E-state index contributed by atoms with van der Waals surface area (Å²) in [6.07, 6.45) is 4.02. The Labute approximate surface area is 202 Å². The van der Waals surface area contributed by atoms with Crippen molar-refractivity contribution >= 4 is 11.8 Å². The van der Waals surface area contributed by atoms with Crippen LogP contribution < -0.4 is 4.74 Å². The van der Waals surface area contributed by atoms with E-state index in [1.165, 1.54) is 12.1 Å². The van der Waals surface area contributed by atoms with Crippen LogP contribution in [0, 0.1) is 34.0 Å². The molecular weight excluding hydrogens is 432 g/mol. The maximum absolute atomic E-state index is 13.4. The summed E-state index contributed by atoms with van der Waals surface area (Å²) in [5.41, 5.74) is -1.52. The van der Waals surface area contributed by atoms with E-state index in [2.05, 4.69) is 27.4 Å². The number of phenols is 1. The van der Waals surface area contributed by atoms with E-state index >= 15 is 0 Å². The lowest BCUT2D eigenvalue weighted by Gasteiger charge is -2.61. The third-order valence-electron chi connectivity index (χ3n) is 9.75. The molecule has 4 rings (SSSR count). The van der Waals surface area contributed by atoms with Gasteiger partial charge in [0.15, 0.2) is 6.61 Å². The van der Waals surface area contributed by atoms with Crippen molar-refractivity contribution in [3.63, 3.8) is 0 Å². The van der Waals surface area contributed by atoms with E-state index in [9.17, 15) is 19.8 Å².